The first-order valence-electron chi connectivity index (χ1n) is 5.13. The van der Waals surface area contributed by atoms with Gasteiger partial charge in [-0.25, -0.2) is 13.6 Å². The molecule has 5 heteroatoms. The average molecular weight is 249 g/mol. The zero-order valence-electron chi connectivity index (χ0n) is 9.15. The molecule has 92 valence electrons. The Kier molecular flexibility index (Phi) is 3.23. The summed E-state index contributed by atoms with van der Waals surface area (Å²) in [6, 6.07) is 9.52. The van der Waals surface area contributed by atoms with E-state index in [0.29, 0.717) is 0 Å². The molecule has 0 heterocycles. The van der Waals surface area contributed by atoms with Crippen LogP contribution in [-0.2, 0) is 0 Å². The minimum absolute atomic E-state index is 0.00704. The fourth-order valence-electron chi connectivity index (χ4n) is 1.55. The molecule has 0 aliphatic rings. The second-order valence-electron chi connectivity index (χ2n) is 3.57. The molecule has 0 aliphatic heterocycles. The van der Waals surface area contributed by atoms with Crippen molar-refractivity contribution in [3.63, 3.8) is 0 Å². The van der Waals surface area contributed by atoms with Crippen LogP contribution in [0.4, 0.5) is 20.2 Å². The van der Waals surface area contributed by atoms with Crippen molar-refractivity contribution in [3.05, 3.63) is 59.7 Å². The predicted octanol–water partition coefficient (Wildman–Crippen LogP) is 3.41. The van der Waals surface area contributed by atoms with Gasteiger partial charge in [0, 0.05) is 0 Å². The molecule has 0 fully saturated rings. The first kappa shape index (κ1) is 12.0. The summed E-state index contributed by atoms with van der Waals surface area (Å²) in [5, 5.41) is 11.5. The van der Waals surface area contributed by atoms with Gasteiger partial charge >= 0.3 is 5.97 Å². The predicted molar refractivity (Wildman–Crippen MR) is 63.0 cm³/mol. The maximum atomic E-state index is 13.4. The van der Waals surface area contributed by atoms with Crippen molar-refractivity contribution >= 4 is 17.3 Å². The number of halogens is 2. The lowest BCUT2D eigenvalue weighted by Gasteiger charge is -2.10. The molecule has 0 aromatic heterocycles. The van der Waals surface area contributed by atoms with E-state index in [4.69, 9.17) is 5.11 Å². The molecule has 2 rings (SSSR count). The molecule has 0 saturated carbocycles. The molecule has 18 heavy (non-hydrogen) atoms. The summed E-state index contributed by atoms with van der Waals surface area (Å²) in [6.07, 6.45) is 0. The van der Waals surface area contributed by atoms with Crippen molar-refractivity contribution < 1.29 is 18.7 Å². The summed E-state index contributed by atoms with van der Waals surface area (Å²) < 4.78 is 26.8. The van der Waals surface area contributed by atoms with E-state index in [0.717, 1.165) is 6.07 Å². The maximum absolute atomic E-state index is 13.4. The molecule has 0 spiro atoms. The number of carboxylic acids is 1. The van der Waals surface area contributed by atoms with Gasteiger partial charge in [-0.3, -0.25) is 0 Å². The Labute approximate surface area is 102 Å². The van der Waals surface area contributed by atoms with Crippen molar-refractivity contribution in [2.75, 3.05) is 5.32 Å². The fraction of sp³-hybridized carbons (Fsp3) is 0. The van der Waals surface area contributed by atoms with Gasteiger partial charge < -0.3 is 10.4 Å². The number of para-hydroxylation sites is 1. The molecule has 0 saturated heterocycles. The molecule has 2 N–H and O–H groups in total. The highest BCUT2D eigenvalue weighted by Crippen LogP contribution is 2.24. The molecule has 0 amide bonds. The number of benzene rings is 2. The molecule has 3 nitrogen and oxygen atoms in total. The van der Waals surface area contributed by atoms with Crippen molar-refractivity contribution in [2.24, 2.45) is 0 Å². The van der Waals surface area contributed by atoms with Gasteiger partial charge in [0.2, 0.25) is 0 Å². The van der Waals surface area contributed by atoms with Crippen LogP contribution in [0.2, 0.25) is 0 Å². The monoisotopic (exact) mass is 249 g/mol. The van der Waals surface area contributed by atoms with Gasteiger partial charge in [-0.1, -0.05) is 18.2 Å². The molecule has 0 unspecified atom stereocenters. The van der Waals surface area contributed by atoms with E-state index in [1.54, 1.807) is 6.07 Å². The summed E-state index contributed by atoms with van der Waals surface area (Å²) in [7, 11) is 0. The third kappa shape index (κ3) is 2.29. The zero-order chi connectivity index (χ0) is 13.1. The summed E-state index contributed by atoms with van der Waals surface area (Å²) >= 11 is 0. The van der Waals surface area contributed by atoms with Gasteiger partial charge in [-0.05, 0) is 24.3 Å². The molecular weight excluding hydrogens is 240 g/mol. The van der Waals surface area contributed by atoms with E-state index in [1.165, 1.54) is 30.3 Å². The van der Waals surface area contributed by atoms with Crippen molar-refractivity contribution in [1.82, 2.24) is 0 Å². The number of rotatable bonds is 3. The van der Waals surface area contributed by atoms with Crippen molar-refractivity contribution in [3.8, 4) is 0 Å². The SMILES string of the molecule is O=C(O)c1c(F)cccc1Nc1ccccc1F. The normalized spacial score (nSPS) is 10.1. The topological polar surface area (TPSA) is 49.3 Å². The standard InChI is InChI=1S/C13H9F2NO2/c14-8-4-1-2-6-10(8)16-11-7-3-5-9(15)12(11)13(17)18/h1-7,16H,(H,17,18). The number of hydrogen-bond donors (Lipinski definition) is 2. The lowest BCUT2D eigenvalue weighted by Crippen LogP contribution is -2.06. The largest absolute Gasteiger partial charge is 0.478 e. The van der Waals surface area contributed by atoms with E-state index < -0.39 is 23.2 Å². The second-order valence-corrected chi connectivity index (χ2v) is 3.57. The number of aromatic carboxylic acids is 1. The molecule has 0 aliphatic carbocycles. The van der Waals surface area contributed by atoms with Crippen LogP contribution in [0.5, 0.6) is 0 Å². The highest BCUT2D eigenvalue weighted by Gasteiger charge is 2.16. The number of carboxylic acid groups (broad SMARTS) is 1. The summed E-state index contributed by atoms with van der Waals surface area (Å²) in [5.74, 6) is -2.83. The molecule has 0 radical (unpaired) electrons. The number of carbonyl (C=O) groups is 1. The lowest BCUT2D eigenvalue weighted by atomic mass is 10.1. The average Bonchev–Trinajstić information content (AvgIpc) is 2.31. The van der Waals surface area contributed by atoms with Crippen LogP contribution in [0.1, 0.15) is 10.4 Å². The van der Waals surface area contributed by atoms with Crippen LogP contribution >= 0.6 is 0 Å². The second kappa shape index (κ2) is 4.83. The van der Waals surface area contributed by atoms with Gasteiger partial charge in [0.15, 0.2) is 0 Å². The molecular formula is C13H9F2NO2. The quantitative estimate of drug-likeness (QED) is 0.876. The first-order chi connectivity index (χ1) is 8.59. The van der Waals surface area contributed by atoms with Gasteiger partial charge in [0.25, 0.3) is 0 Å². The van der Waals surface area contributed by atoms with Gasteiger partial charge in [-0.15, -0.1) is 0 Å². The summed E-state index contributed by atoms with van der Waals surface area (Å²) in [4.78, 5) is 10.9. The third-order valence-corrected chi connectivity index (χ3v) is 2.37. The highest BCUT2D eigenvalue weighted by atomic mass is 19.1. The van der Waals surface area contributed by atoms with E-state index >= 15 is 0 Å². The molecule has 2 aromatic carbocycles. The Bertz CT molecular complexity index is 599. The van der Waals surface area contributed by atoms with Gasteiger partial charge in [-0.2, -0.15) is 0 Å². The van der Waals surface area contributed by atoms with E-state index in [-0.39, 0.29) is 11.4 Å². The van der Waals surface area contributed by atoms with E-state index in [1.807, 2.05) is 0 Å². The summed E-state index contributed by atoms with van der Waals surface area (Å²) in [6.45, 7) is 0. The van der Waals surface area contributed by atoms with Crippen molar-refractivity contribution in [2.45, 2.75) is 0 Å². The third-order valence-electron chi connectivity index (χ3n) is 2.37. The smallest absolute Gasteiger partial charge is 0.340 e. The number of hydrogen-bond acceptors (Lipinski definition) is 2. The Morgan fingerprint density at radius 2 is 1.56 bits per heavy atom. The Balaban J connectivity index is 2.44. The van der Waals surface area contributed by atoms with Crippen LogP contribution in [-0.4, -0.2) is 11.1 Å². The highest BCUT2D eigenvalue weighted by molar-refractivity contribution is 5.95. The number of anilines is 2. The van der Waals surface area contributed by atoms with Gasteiger partial charge in [0.1, 0.15) is 17.2 Å². The van der Waals surface area contributed by atoms with Crippen molar-refractivity contribution in [1.29, 1.82) is 0 Å². The zero-order valence-corrected chi connectivity index (χ0v) is 9.15. The Morgan fingerprint density at radius 3 is 2.22 bits per heavy atom. The van der Waals surface area contributed by atoms with E-state index in [9.17, 15) is 13.6 Å². The van der Waals surface area contributed by atoms with Crippen LogP contribution in [0, 0.1) is 11.6 Å². The lowest BCUT2D eigenvalue weighted by molar-refractivity contribution is 0.0693. The minimum Gasteiger partial charge on any atom is -0.478 e. The minimum atomic E-state index is -1.41. The molecule has 0 bridgehead atoms. The summed E-state index contributed by atoms with van der Waals surface area (Å²) in [5.41, 5.74) is -0.418. The first-order valence-corrected chi connectivity index (χ1v) is 5.13. The van der Waals surface area contributed by atoms with Crippen LogP contribution in [0.25, 0.3) is 0 Å². The Morgan fingerprint density at radius 1 is 0.944 bits per heavy atom. The van der Waals surface area contributed by atoms with Crippen LogP contribution in [0.15, 0.2) is 42.5 Å². The molecule has 0 atom stereocenters. The van der Waals surface area contributed by atoms with Crippen LogP contribution in [0.3, 0.4) is 0 Å². The maximum Gasteiger partial charge on any atom is 0.340 e. The fourth-order valence-corrected chi connectivity index (χ4v) is 1.55. The van der Waals surface area contributed by atoms with Gasteiger partial charge in [0.05, 0.1) is 11.4 Å². The van der Waals surface area contributed by atoms with E-state index in [2.05, 4.69) is 5.32 Å². The van der Waals surface area contributed by atoms with Crippen LogP contribution < -0.4 is 5.32 Å². The molecule has 2 aromatic rings. The Hall–Kier alpha value is -2.43. The number of nitrogens with one attached hydrogen (secondary N) is 1.